The van der Waals surface area contributed by atoms with Gasteiger partial charge >= 0.3 is 0 Å². The number of fused-ring (bicyclic) bond motifs is 1. The van der Waals surface area contributed by atoms with Gasteiger partial charge in [-0.25, -0.2) is 27.1 Å². The van der Waals surface area contributed by atoms with Gasteiger partial charge in [0, 0.05) is 30.7 Å². The molecule has 1 N–H and O–H groups in total. The topological polar surface area (TPSA) is 92.3 Å². The summed E-state index contributed by atoms with van der Waals surface area (Å²) in [6.07, 6.45) is 4.17. The minimum Gasteiger partial charge on any atom is -0.351 e. The van der Waals surface area contributed by atoms with E-state index in [0.717, 1.165) is 0 Å². The Morgan fingerprint density at radius 3 is 2.69 bits per heavy atom. The van der Waals surface area contributed by atoms with Gasteiger partial charge < -0.3 is 5.32 Å². The van der Waals surface area contributed by atoms with Crippen molar-refractivity contribution in [2.75, 3.05) is 24.7 Å². The van der Waals surface area contributed by atoms with E-state index in [1.54, 1.807) is 24.4 Å². The average Bonchev–Trinajstić information content (AvgIpc) is 3.11. The van der Waals surface area contributed by atoms with E-state index >= 15 is 0 Å². The number of hydrogen-bond acceptors (Lipinski definition) is 7. The molecule has 0 unspecified atom stereocenters. The molecule has 152 valence electrons. The van der Waals surface area contributed by atoms with E-state index in [2.05, 4.69) is 15.3 Å². The highest BCUT2D eigenvalue weighted by Crippen LogP contribution is 2.27. The second kappa shape index (κ2) is 7.77. The molecule has 7 nitrogen and oxygen atoms in total. The van der Waals surface area contributed by atoms with Gasteiger partial charge in [0.1, 0.15) is 10.6 Å². The van der Waals surface area contributed by atoms with Crippen LogP contribution in [0.5, 0.6) is 0 Å². The number of hydrogen-bond donors (Lipinski definition) is 1. The Morgan fingerprint density at radius 1 is 1.28 bits per heavy atom. The van der Waals surface area contributed by atoms with Crippen molar-refractivity contribution in [1.29, 1.82) is 0 Å². The monoisotopic (exact) mass is 434 g/mol. The van der Waals surface area contributed by atoms with Gasteiger partial charge in [0.2, 0.25) is 21.8 Å². The highest BCUT2D eigenvalue weighted by Gasteiger charge is 2.25. The van der Waals surface area contributed by atoms with Gasteiger partial charge in [-0.3, -0.25) is 4.79 Å². The second-order valence-corrected chi connectivity index (χ2v) is 9.97. The zero-order chi connectivity index (χ0) is 20.6. The van der Waals surface area contributed by atoms with E-state index in [0.29, 0.717) is 47.0 Å². The number of benzene rings is 1. The quantitative estimate of drug-likeness (QED) is 0.621. The molecule has 2 aromatic heterocycles. The van der Waals surface area contributed by atoms with Crippen molar-refractivity contribution in [2.45, 2.75) is 18.9 Å². The molecule has 1 aromatic carbocycles. The summed E-state index contributed by atoms with van der Waals surface area (Å²) in [5, 5.41) is 3.96. The summed E-state index contributed by atoms with van der Waals surface area (Å²) in [6.45, 7) is 0.915. The first-order chi connectivity index (χ1) is 13.8. The van der Waals surface area contributed by atoms with Crippen LogP contribution in [0.4, 0.5) is 10.3 Å². The maximum Gasteiger partial charge on any atom is 0.224 e. The number of anilines is 1. The van der Waals surface area contributed by atoms with Crippen LogP contribution in [0, 0.1) is 5.82 Å². The van der Waals surface area contributed by atoms with Crippen LogP contribution in [-0.2, 0) is 10.0 Å². The number of piperidine rings is 1. The molecule has 1 fully saturated rings. The largest absolute Gasteiger partial charge is 0.351 e. The van der Waals surface area contributed by atoms with Gasteiger partial charge in [-0.15, -0.1) is 11.3 Å². The Labute approximate surface area is 171 Å². The Kier molecular flexibility index (Phi) is 5.32. The lowest BCUT2D eigenvalue weighted by molar-refractivity contribution is 0.103. The molecule has 3 heterocycles. The predicted octanol–water partition coefficient (Wildman–Crippen LogP) is 2.90. The number of nitrogens with one attached hydrogen (secondary N) is 1. The van der Waals surface area contributed by atoms with Gasteiger partial charge in [-0.1, -0.05) is 12.1 Å². The Hall–Kier alpha value is -2.43. The fraction of sp³-hybridized carbons (Fsp3) is 0.316. The van der Waals surface area contributed by atoms with E-state index in [1.807, 2.05) is 0 Å². The van der Waals surface area contributed by atoms with Gasteiger partial charge in [0.25, 0.3) is 0 Å². The van der Waals surface area contributed by atoms with Crippen LogP contribution >= 0.6 is 11.3 Å². The number of thiophene rings is 1. The maximum absolute atomic E-state index is 13.9. The van der Waals surface area contributed by atoms with Crippen LogP contribution in [0.1, 0.15) is 28.1 Å². The number of halogens is 1. The van der Waals surface area contributed by atoms with E-state index in [9.17, 15) is 17.6 Å². The SMILES string of the molecule is CS(=O)(=O)N1CCC(Nc2ncc3cc(C(=O)c4ccccc4F)sc3n2)CC1. The Balaban J connectivity index is 1.49. The molecular formula is C19H19FN4O3S2. The van der Waals surface area contributed by atoms with Crippen molar-refractivity contribution in [3.63, 3.8) is 0 Å². The van der Waals surface area contributed by atoms with E-state index in [-0.39, 0.29) is 17.4 Å². The minimum atomic E-state index is -3.17. The van der Waals surface area contributed by atoms with Crippen LogP contribution < -0.4 is 5.32 Å². The van der Waals surface area contributed by atoms with Crippen LogP contribution in [0.2, 0.25) is 0 Å². The lowest BCUT2D eigenvalue weighted by Gasteiger charge is -2.30. The lowest BCUT2D eigenvalue weighted by Crippen LogP contribution is -2.42. The zero-order valence-corrected chi connectivity index (χ0v) is 17.3. The highest BCUT2D eigenvalue weighted by atomic mass is 32.2. The van der Waals surface area contributed by atoms with E-state index < -0.39 is 15.8 Å². The molecule has 0 atom stereocenters. The molecule has 0 spiro atoms. The molecule has 29 heavy (non-hydrogen) atoms. The highest BCUT2D eigenvalue weighted by molar-refractivity contribution is 7.88. The molecule has 0 amide bonds. The second-order valence-electron chi connectivity index (χ2n) is 6.95. The number of ketones is 1. The van der Waals surface area contributed by atoms with Crippen LogP contribution in [-0.4, -0.2) is 53.9 Å². The first-order valence-corrected chi connectivity index (χ1v) is 11.8. The summed E-state index contributed by atoms with van der Waals surface area (Å²) < 4.78 is 38.6. The summed E-state index contributed by atoms with van der Waals surface area (Å²) in [6, 6.07) is 7.64. The molecule has 0 aliphatic carbocycles. The minimum absolute atomic E-state index is 0.0306. The first kappa shape index (κ1) is 19.9. The van der Waals surface area contributed by atoms with Gasteiger partial charge in [-0.2, -0.15) is 0 Å². The van der Waals surface area contributed by atoms with Crippen molar-refractivity contribution in [3.8, 4) is 0 Å². The molecule has 1 saturated heterocycles. The fourth-order valence-electron chi connectivity index (χ4n) is 3.30. The van der Waals surface area contributed by atoms with Crippen molar-refractivity contribution in [1.82, 2.24) is 14.3 Å². The number of aromatic nitrogens is 2. The Bertz CT molecular complexity index is 1170. The van der Waals surface area contributed by atoms with Crippen LogP contribution in [0.25, 0.3) is 10.2 Å². The average molecular weight is 435 g/mol. The van der Waals surface area contributed by atoms with Crippen molar-refractivity contribution in [2.24, 2.45) is 0 Å². The Morgan fingerprint density at radius 2 is 2.00 bits per heavy atom. The van der Waals surface area contributed by atoms with Gasteiger partial charge in [-0.05, 0) is 31.0 Å². The molecule has 4 rings (SSSR count). The maximum atomic E-state index is 13.9. The third-order valence-electron chi connectivity index (χ3n) is 4.87. The lowest BCUT2D eigenvalue weighted by atomic mass is 10.1. The van der Waals surface area contributed by atoms with E-state index in [1.165, 1.54) is 34.0 Å². The number of sulfonamides is 1. The van der Waals surface area contributed by atoms with Crippen molar-refractivity contribution >= 4 is 43.3 Å². The predicted molar refractivity (Wildman–Crippen MR) is 110 cm³/mol. The molecule has 0 saturated carbocycles. The van der Waals surface area contributed by atoms with Crippen LogP contribution in [0.15, 0.2) is 36.5 Å². The summed E-state index contributed by atoms with van der Waals surface area (Å²) >= 11 is 1.19. The number of rotatable bonds is 5. The fourth-order valence-corrected chi connectivity index (χ4v) is 5.14. The molecule has 0 radical (unpaired) electrons. The zero-order valence-electron chi connectivity index (χ0n) is 15.6. The van der Waals surface area contributed by atoms with Gasteiger partial charge in [0.05, 0.1) is 16.7 Å². The first-order valence-electron chi connectivity index (χ1n) is 9.09. The van der Waals surface area contributed by atoms with E-state index in [4.69, 9.17) is 0 Å². The van der Waals surface area contributed by atoms with Crippen molar-refractivity contribution < 1.29 is 17.6 Å². The molecule has 0 bridgehead atoms. The third-order valence-corrected chi connectivity index (χ3v) is 7.22. The molecular weight excluding hydrogens is 415 g/mol. The van der Waals surface area contributed by atoms with Crippen LogP contribution in [0.3, 0.4) is 0 Å². The summed E-state index contributed by atoms with van der Waals surface area (Å²) in [4.78, 5) is 22.4. The summed E-state index contributed by atoms with van der Waals surface area (Å²) in [5.41, 5.74) is 0.0306. The summed E-state index contributed by atoms with van der Waals surface area (Å²) in [5.74, 6) is -0.500. The number of carbonyl (C=O) groups is 1. The van der Waals surface area contributed by atoms with Crippen molar-refractivity contribution in [3.05, 3.63) is 52.8 Å². The normalized spacial score (nSPS) is 16.2. The molecule has 10 heteroatoms. The third kappa shape index (κ3) is 4.29. The molecule has 1 aliphatic heterocycles. The molecule has 1 aliphatic rings. The summed E-state index contributed by atoms with van der Waals surface area (Å²) in [7, 11) is -3.17. The van der Waals surface area contributed by atoms with Gasteiger partial charge in [0.15, 0.2) is 0 Å². The standard InChI is InChI=1S/C19H19FN4O3S2/c1-29(26,27)24-8-6-13(7-9-24)22-19-21-11-12-10-16(28-18(12)23-19)17(25)14-4-2-3-5-15(14)20/h2-5,10-11,13H,6-9H2,1H3,(H,21,22,23). The number of carbonyl (C=O) groups excluding carboxylic acids is 1. The number of nitrogens with zero attached hydrogens (tertiary/aromatic N) is 3. The molecule has 3 aromatic rings. The smallest absolute Gasteiger partial charge is 0.224 e.